The normalized spacial score (nSPS) is 25.1. The summed E-state index contributed by atoms with van der Waals surface area (Å²) in [5.41, 5.74) is 0. The minimum atomic E-state index is 0.401. The number of rotatable bonds is 5. The smallest absolute Gasteiger partial charge is 0.222 e. The lowest BCUT2D eigenvalue weighted by Gasteiger charge is -2.27. The van der Waals surface area contributed by atoms with Gasteiger partial charge in [0.05, 0.1) is 0 Å². The van der Waals surface area contributed by atoms with Gasteiger partial charge in [-0.1, -0.05) is 46.0 Å². The topological polar surface area (TPSA) is 32.3 Å². The van der Waals surface area contributed by atoms with E-state index in [-0.39, 0.29) is 0 Å². The Balaban J connectivity index is 1.76. The van der Waals surface area contributed by atoms with E-state index in [1.54, 1.807) is 0 Å². The van der Waals surface area contributed by atoms with Crippen LogP contribution in [0.5, 0.6) is 0 Å². The van der Waals surface area contributed by atoms with Gasteiger partial charge in [0.1, 0.15) is 0 Å². The molecule has 1 saturated heterocycles. The molecule has 1 N–H and O–H groups in total. The maximum Gasteiger partial charge on any atom is 0.222 e. The third-order valence-electron chi connectivity index (χ3n) is 5.08. The number of nitrogens with one attached hydrogen (secondary N) is 1. The molecule has 2 fully saturated rings. The second-order valence-corrected chi connectivity index (χ2v) is 7.52. The Hall–Kier alpha value is -0.570. The highest BCUT2D eigenvalue weighted by atomic mass is 16.2. The molecule has 0 aromatic rings. The summed E-state index contributed by atoms with van der Waals surface area (Å²) in [5.74, 6) is 1.91. The van der Waals surface area contributed by atoms with Gasteiger partial charge in [-0.3, -0.25) is 4.79 Å². The van der Waals surface area contributed by atoms with Crippen LogP contribution >= 0.6 is 0 Å². The second-order valence-electron chi connectivity index (χ2n) is 7.52. The minimum absolute atomic E-state index is 0.401. The predicted octanol–water partition coefficient (Wildman–Crippen LogP) is 3.58. The van der Waals surface area contributed by atoms with E-state index in [9.17, 15) is 4.79 Å². The molecular formula is C18H34N2O. The van der Waals surface area contributed by atoms with Gasteiger partial charge in [0.15, 0.2) is 0 Å². The van der Waals surface area contributed by atoms with Crippen molar-refractivity contribution in [1.82, 2.24) is 10.2 Å². The van der Waals surface area contributed by atoms with Crippen molar-refractivity contribution in [2.24, 2.45) is 11.8 Å². The van der Waals surface area contributed by atoms with Crippen LogP contribution in [0.4, 0.5) is 0 Å². The van der Waals surface area contributed by atoms with Gasteiger partial charge in [0.2, 0.25) is 5.91 Å². The maximum absolute atomic E-state index is 12.5. The van der Waals surface area contributed by atoms with Crippen LogP contribution in [-0.4, -0.2) is 36.5 Å². The fraction of sp³-hybridized carbons (Fsp3) is 0.944. The van der Waals surface area contributed by atoms with Gasteiger partial charge < -0.3 is 10.2 Å². The van der Waals surface area contributed by atoms with Gasteiger partial charge >= 0.3 is 0 Å². The third-order valence-corrected chi connectivity index (χ3v) is 5.08. The first-order chi connectivity index (χ1) is 10.1. The number of carbonyl (C=O) groups is 1. The minimum Gasteiger partial charge on any atom is -0.341 e. The molecule has 1 unspecified atom stereocenters. The van der Waals surface area contributed by atoms with Crippen molar-refractivity contribution < 1.29 is 4.79 Å². The monoisotopic (exact) mass is 294 g/mol. The summed E-state index contributed by atoms with van der Waals surface area (Å²) in [7, 11) is 0. The number of nitrogens with zero attached hydrogens (tertiary/aromatic N) is 1. The van der Waals surface area contributed by atoms with Crippen molar-refractivity contribution in [2.45, 2.75) is 77.7 Å². The summed E-state index contributed by atoms with van der Waals surface area (Å²) in [6.07, 6.45) is 11.0. The Morgan fingerprint density at radius 1 is 1.19 bits per heavy atom. The molecule has 2 aliphatic rings. The summed E-state index contributed by atoms with van der Waals surface area (Å²) in [4.78, 5) is 14.7. The Bertz CT molecular complexity index is 310. The average molecular weight is 294 g/mol. The van der Waals surface area contributed by atoms with E-state index in [0.717, 1.165) is 44.8 Å². The number of carbonyl (C=O) groups excluding carboxylic acids is 1. The first kappa shape index (κ1) is 16.8. The zero-order chi connectivity index (χ0) is 15.1. The van der Waals surface area contributed by atoms with Crippen LogP contribution in [0.2, 0.25) is 0 Å². The van der Waals surface area contributed by atoms with E-state index in [0.29, 0.717) is 17.9 Å². The molecule has 0 radical (unpaired) electrons. The first-order valence-electron chi connectivity index (χ1n) is 9.16. The molecule has 0 aromatic carbocycles. The standard InChI is InChI=1S/C18H34N2O/c1-15(2)13-17-14-20(12-6-11-19-17)18(21)10-9-16-7-4-3-5-8-16/h15-17,19H,3-14H2,1-2H3. The average Bonchev–Trinajstić information content (AvgIpc) is 2.71. The van der Waals surface area contributed by atoms with E-state index >= 15 is 0 Å². The van der Waals surface area contributed by atoms with Crippen LogP contribution in [0.25, 0.3) is 0 Å². The molecule has 2 rings (SSSR count). The van der Waals surface area contributed by atoms with E-state index in [1.807, 2.05) is 0 Å². The molecule has 3 nitrogen and oxygen atoms in total. The van der Waals surface area contributed by atoms with E-state index in [4.69, 9.17) is 0 Å². The molecule has 1 saturated carbocycles. The van der Waals surface area contributed by atoms with Crippen molar-refractivity contribution in [3.8, 4) is 0 Å². The first-order valence-corrected chi connectivity index (χ1v) is 9.16. The number of amides is 1. The maximum atomic E-state index is 12.5. The molecule has 3 heteroatoms. The summed E-state index contributed by atoms with van der Waals surface area (Å²) < 4.78 is 0. The molecule has 0 spiro atoms. The fourth-order valence-corrected chi connectivity index (χ4v) is 3.91. The van der Waals surface area contributed by atoms with Crippen LogP contribution in [0.15, 0.2) is 0 Å². The van der Waals surface area contributed by atoms with Gasteiger partial charge in [0, 0.05) is 25.6 Å². The lowest BCUT2D eigenvalue weighted by atomic mass is 9.86. The van der Waals surface area contributed by atoms with Crippen LogP contribution < -0.4 is 5.32 Å². The summed E-state index contributed by atoms with van der Waals surface area (Å²) >= 11 is 0. The van der Waals surface area contributed by atoms with Gasteiger partial charge in [-0.15, -0.1) is 0 Å². The van der Waals surface area contributed by atoms with Gasteiger partial charge in [-0.2, -0.15) is 0 Å². The molecule has 21 heavy (non-hydrogen) atoms. The number of hydrogen-bond donors (Lipinski definition) is 1. The van der Waals surface area contributed by atoms with Crippen molar-refractivity contribution in [3.05, 3.63) is 0 Å². The zero-order valence-electron chi connectivity index (χ0n) is 14.1. The third kappa shape index (κ3) is 5.98. The highest BCUT2D eigenvalue weighted by Crippen LogP contribution is 2.27. The van der Waals surface area contributed by atoms with Crippen molar-refractivity contribution in [1.29, 1.82) is 0 Å². The van der Waals surface area contributed by atoms with Crippen molar-refractivity contribution in [3.63, 3.8) is 0 Å². The van der Waals surface area contributed by atoms with Crippen LogP contribution in [-0.2, 0) is 4.79 Å². The van der Waals surface area contributed by atoms with Crippen LogP contribution in [0, 0.1) is 11.8 Å². The van der Waals surface area contributed by atoms with E-state index in [1.165, 1.54) is 38.5 Å². The van der Waals surface area contributed by atoms with E-state index in [2.05, 4.69) is 24.1 Å². The molecule has 0 bridgehead atoms. The molecular weight excluding hydrogens is 260 g/mol. The lowest BCUT2D eigenvalue weighted by Crippen LogP contribution is -2.41. The Kier molecular flexibility index (Phi) is 7.01. The molecule has 1 heterocycles. The lowest BCUT2D eigenvalue weighted by molar-refractivity contribution is -0.131. The highest BCUT2D eigenvalue weighted by molar-refractivity contribution is 5.76. The summed E-state index contributed by atoms with van der Waals surface area (Å²) in [5, 5.41) is 3.61. The Morgan fingerprint density at radius 3 is 2.67 bits per heavy atom. The largest absolute Gasteiger partial charge is 0.341 e. The second kappa shape index (κ2) is 8.77. The fourth-order valence-electron chi connectivity index (χ4n) is 3.91. The van der Waals surface area contributed by atoms with Crippen LogP contribution in [0.1, 0.15) is 71.6 Å². The van der Waals surface area contributed by atoms with Gasteiger partial charge in [-0.25, -0.2) is 0 Å². The van der Waals surface area contributed by atoms with Crippen LogP contribution in [0.3, 0.4) is 0 Å². The highest BCUT2D eigenvalue weighted by Gasteiger charge is 2.23. The van der Waals surface area contributed by atoms with Crippen molar-refractivity contribution in [2.75, 3.05) is 19.6 Å². The summed E-state index contributed by atoms with van der Waals surface area (Å²) in [6, 6.07) is 0.492. The number of hydrogen-bond acceptors (Lipinski definition) is 2. The Morgan fingerprint density at radius 2 is 1.95 bits per heavy atom. The van der Waals surface area contributed by atoms with Gasteiger partial charge in [0.25, 0.3) is 0 Å². The SMILES string of the molecule is CC(C)CC1CN(C(=O)CCC2CCCCC2)CCCN1. The van der Waals surface area contributed by atoms with E-state index < -0.39 is 0 Å². The Labute approximate surface area is 130 Å². The molecule has 1 aliphatic carbocycles. The molecule has 1 atom stereocenters. The predicted molar refractivity (Wildman–Crippen MR) is 88.3 cm³/mol. The molecule has 0 aromatic heterocycles. The molecule has 122 valence electrons. The zero-order valence-corrected chi connectivity index (χ0v) is 14.1. The van der Waals surface area contributed by atoms with Gasteiger partial charge in [-0.05, 0) is 37.6 Å². The summed E-state index contributed by atoms with van der Waals surface area (Å²) in [6.45, 7) is 7.46. The molecule has 1 amide bonds. The molecule has 1 aliphatic heterocycles. The quantitative estimate of drug-likeness (QED) is 0.840. The van der Waals surface area contributed by atoms with Crippen molar-refractivity contribution >= 4 is 5.91 Å².